The van der Waals surface area contributed by atoms with Gasteiger partial charge in [0.1, 0.15) is 17.9 Å². The molecule has 33 heavy (non-hydrogen) atoms. The zero-order valence-electron chi connectivity index (χ0n) is 18.0. The van der Waals surface area contributed by atoms with Gasteiger partial charge in [-0.05, 0) is 30.3 Å². The number of hydrogen-bond acceptors (Lipinski definition) is 3. The predicted molar refractivity (Wildman–Crippen MR) is 135 cm³/mol. The van der Waals surface area contributed by atoms with Crippen LogP contribution in [0.25, 0.3) is 34.0 Å². The molecule has 0 unspecified atom stereocenters. The predicted octanol–water partition coefficient (Wildman–Crippen LogP) is 7.25. The van der Waals surface area contributed by atoms with Crippen molar-refractivity contribution in [2.75, 3.05) is 0 Å². The lowest BCUT2D eigenvalue weighted by molar-refractivity contribution is 0.0941. The molecule has 0 aliphatic carbocycles. The van der Waals surface area contributed by atoms with Gasteiger partial charge in [0.15, 0.2) is 0 Å². The van der Waals surface area contributed by atoms with E-state index in [-0.39, 0.29) is 5.91 Å². The van der Waals surface area contributed by atoms with E-state index in [0.29, 0.717) is 17.4 Å². The summed E-state index contributed by atoms with van der Waals surface area (Å²) in [7, 11) is 0. The molecule has 0 spiro atoms. The quantitative estimate of drug-likeness (QED) is 0.282. The lowest BCUT2D eigenvalue weighted by atomic mass is 10.1. The number of aromatic nitrogens is 2. The van der Waals surface area contributed by atoms with Crippen LogP contribution in [0, 0.1) is 0 Å². The Balaban J connectivity index is 1.47. The fourth-order valence-electron chi connectivity index (χ4n) is 3.89. The number of benzene rings is 3. The topological polar surface area (TPSA) is 44.1 Å². The normalized spacial score (nSPS) is 11.5. The molecule has 0 radical (unpaired) electrons. The lowest BCUT2D eigenvalue weighted by Gasteiger charge is -2.10. The molecule has 2 aromatic heterocycles. The molecule has 3 aromatic carbocycles. The highest BCUT2D eigenvalue weighted by Crippen LogP contribution is 2.27. The highest BCUT2D eigenvalue weighted by molar-refractivity contribution is 6.31. The number of nitrogens with zero attached hydrogens (tertiary/aromatic N) is 2. The average Bonchev–Trinajstić information content (AvgIpc) is 3.21. The SMILES string of the molecule is CC(=O)n1cc(/C=C/c2ccc3cccc(OCc4ccccc4Cl)c3n2)c2ccccc21. The Bertz CT molecular complexity index is 1520. The van der Waals surface area contributed by atoms with Crippen molar-refractivity contribution >= 4 is 51.5 Å². The highest BCUT2D eigenvalue weighted by atomic mass is 35.5. The van der Waals surface area contributed by atoms with E-state index in [1.165, 1.54) is 0 Å². The number of ether oxygens (including phenoxy) is 1. The molecule has 162 valence electrons. The summed E-state index contributed by atoms with van der Waals surface area (Å²) in [5.41, 5.74) is 4.38. The van der Waals surface area contributed by atoms with Crippen LogP contribution in [0.15, 0.2) is 85.1 Å². The first-order valence-electron chi connectivity index (χ1n) is 10.7. The standard InChI is InChI=1S/C28H21ClN2O2/c1-19(32)31-17-21(24-9-3-5-11-26(24)31)14-16-23-15-13-20-8-6-12-27(28(20)30-23)33-18-22-7-2-4-10-25(22)29/h2-17H,18H2,1H3/b16-14+. The summed E-state index contributed by atoms with van der Waals surface area (Å²) in [6.07, 6.45) is 5.81. The molecule has 5 aromatic rings. The number of para-hydroxylation sites is 2. The fraction of sp³-hybridized carbons (Fsp3) is 0.0714. The maximum absolute atomic E-state index is 12.0. The molecule has 0 N–H and O–H groups in total. The Hall–Kier alpha value is -3.89. The monoisotopic (exact) mass is 452 g/mol. The van der Waals surface area contributed by atoms with Crippen LogP contribution in [0.5, 0.6) is 5.75 Å². The van der Waals surface area contributed by atoms with Gasteiger partial charge in [0, 0.05) is 40.0 Å². The van der Waals surface area contributed by atoms with E-state index in [1.54, 1.807) is 11.5 Å². The largest absolute Gasteiger partial charge is 0.487 e. The summed E-state index contributed by atoms with van der Waals surface area (Å²) >= 11 is 6.27. The van der Waals surface area contributed by atoms with Crippen molar-refractivity contribution in [2.45, 2.75) is 13.5 Å². The lowest BCUT2D eigenvalue weighted by Crippen LogP contribution is -2.02. The maximum atomic E-state index is 12.0. The molecule has 0 atom stereocenters. The van der Waals surface area contributed by atoms with Gasteiger partial charge in [-0.2, -0.15) is 0 Å². The summed E-state index contributed by atoms with van der Waals surface area (Å²) in [6.45, 7) is 1.93. The van der Waals surface area contributed by atoms with E-state index >= 15 is 0 Å². The number of carbonyl (C=O) groups excluding carboxylic acids is 1. The van der Waals surface area contributed by atoms with Gasteiger partial charge >= 0.3 is 0 Å². The molecule has 0 saturated heterocycles. The van der Waals surface area contributed by atoms with Crippen molar-refractivity contribution in [3.8, 4) is 5.75 Å². The van der Waals surface area contributed by atoms with Crippen molar-refractivity contribution in [2.24, 2.45) is 0 Å². The first kappa shape index (κ1) is 21.0. The first-order valence-corrected chi connectivity index (χ1v) is 11.0. The molecule has 0 bridgehead atoms. The molecule has 5 rings (SSSR count). The minimum atomic E-state index is -0.0185. The maximum Gasteiger partial charge on any atom is 0.227 e. The summed E-state index contributed by atoms with van der Waals surface area (Å²) in [4.78, 5) is 16.8. The van der Waals surface area contributed by atoms with Crippen LogP contribution < -0.4 is 4.74 Å². The Morgan fingerprint density at radius 2 is 1.79 bits per heavy atom. The molecular weight excluding hydrogens is 432 g/mol. The second-order valence-corrected chi connectivity index (χ2v) is 8.18. The van der Waals surface area contributed by atoms with Crippen LogP contribution in [0.1, 0.15) is 28.5 Å². The molecule has 0 saturated carbocycles. The minimum absolute atomic E-state index is 0.0185. The molecule has 0 aliphatic heterocycles. The van der Waals surface area contributed by atoms with Crippen molar-refractivity contribution in [3.63, 3.8) is 0 Å². The zero-order chi connectivity index (χ0) is 22.8. The van der Waals surface area contributed by atoms with E-state index in [9.17, 15) is 4.79 Å². The molecule has 5 heteroatoms. The third kappa shape index (κ3) is 4.26. The van der Waals surface area contributed by atoms with Crippen LogP contribution in [0.2, 0.25) is 5.02 Å². The molecular formula is C28H21ClN2O2. The van der Waals surface area contributed by atoms with Crippen molar-refractivity contribution in [3.05, 3.63) is 107 Å². The Kier molecular flexibility index (Phi) is 5.68. The van der Waals surface area contributed by atoms with Crippen LogP contribution in [-0.4, -0.2) is 15.5 Å². The number of hydrogen-bond donors (Lipinski definition) is 0. The van der Waals surface area contributed by atoms with E-state index in [1.807, 2.05) is 97.2 Å². The van der Waals surface area contributed by atoms with Crippen LogP contribution in [0.3, 0.4) is 0 Å². The molecule has 2 heterocycles. The van der Waals surface area contributed by atoms with Crippen molar-refractivity contribution in [1.82, 2.24) is 9.55 Å². The van der Waals surface area contributed by atoms with Crippen LogP contribution >= 0.6 is 11.6 Å². The van der Waals surface area contributed by atoms with Crippen molar-refractivity contribution in [1.29, 1.82) is 0 Å². The third-order valence-corrected chi connectivity index (χ3v) is 5.93. The summed E-state index contributed by atoms with van der Waals surface area (Å²) in [5.74, 6) is 0.686. The third-order valence-electron chi connectivity index (χ3n) is 5.56. The Morgan fingerprint density at radius 1 is 0.970 bits per heavy atom. The van der Waals surface area contributed by atoms with E-state index < -0.39 is 0 Å². The number of carbonyl (C=O) groups is 1. The molecule has 0 aliphatic rings. The number of pyridine rings is 1. The summed E-state index contributed by atoms with van der Waals surface area (Å²) in [5, 5.41) is 2.70. The second kappa shape index (κ2) is 8.93. The van der Waals surface area contributed by atoms with Crippen LogP contribution in [-0.2, 0) is 6.61 Å². The number of fused-ring (bicyclic) bond motifs is 2. The first-order chi connectivity index (χ1) is 16.1. The van der Waals surface area contributed by atoms with Gasteiger partial charge in [0.25, 0.3) is 0 Å². The smallest absolute Gasteiger partial charge is 0.227 e. The van der Waals surface area contributed by atoms with Gasteiger partial charge in [-0.1, -0.05) is 72.3 Å². The second-order valence-electron chi connectivity index (χ2n) is 7.77. The van der Waals surface area contributed by atoms with E-state index in [4.69, 9.17) is 21.3 Å². The van der Waals surface area contributed by atoms with Gasteiger partial charge in [-0.15, -0.1) is 0 Å². The zero-order valence-corrected chi connectivity index (χ0v) is 18.8. The van der Waals surface area contributed by atoms with Crippen molar-refractivity contribution < 1.29 is 9.53 Å². The van der Waals surface area contributed by atoms with Gasteiger partial charge in [0.2, 0.25) is 5.91 Å². The summed E-state index contributed by atoms with van der Waals surface area (Å²) < 4.78 is 7.75. The van der Waals surface area contributed by atoms with Gasteiger partial charge < -0.3 is 4.74 Å². The average molecular weight is 453 g/mol. The van der Waals surface area contributed by atoms with E-state index in [0.717, 1.165) is 38.6 Å². The molecule has 0 amide bonds. The minimum Gasteiger partial charge on any atom is -0.487 e. The highest BCUT2D eigenvalue weighted by Gasteiger charge is 2.09. The van der Waals surface area contributed by atoms with E-state index in [2.05, 4.69) is 0 Å². The van der Waals surface area contributed by atoms with Crippen LogP contribution in [0.4, 0.5) is 0 Å². The molecule has 4 nitrogen and oxygen atoms in total. The van der Waals surface area contributed by atoms with Gasteiger partial charge in [-0.25, -0.2) is 4.98 Å². The summed E-state index contributed by atoms with van der Waals surface area (Å²) in [6, 6.07) is 25.4. The Morgan fingerprint density at radius 3 is 2.64 bits per heavy atom. The van der Waals surface area contributed by atoms with Gasteiger partial charge in [0.05, 0.1) is 11.2 Å². The fourth-order valence-corrected chi connectivity index (χ4v) is 4.08. The van der Waals surface area contributed by atoms with Gasteiger partial charge in [-0.3, -0.25) is 9.36 Å². The molecule has 0 fully saturated rings. The number of halogens is 1. The number of rotatable bonds is 5. The Labute approximate surface area is 196 Å².